The first kappa shape index (κ1) is 12.4. The Balaban J connectivity index is 2.18. The Morgan fingerprint density at radius 3 is 2.89 bits per heavy atom. The van der Waals surface area contributed by atoms with Crippen LogP contribution in [0.4, 0.5) is 5.69 Å². The minimum atomic E-state index is 0.377. The molecule has 7 heteroatoms. The van der Waals surface area contributed by atoms with E-state index in [-0.39, 0.29) is 0 Å². The Kier molecular flexibility index (Phi) is 3.32. The van der Waals surface area contributed by atoms with Gasteiger partial charge in [-0.05, 0) is 13.0 Å². The van der Waals surface area contributed by atoms with Crippen LogP contribution in [0.25, 0.3) is 11.0 Å². The second kappa shape index (κ2) is 4.81. The summed E-state index contributed by atoms with van der Waals surface area (Å²) in [6.45, 7) is 4.97. The molecule has 0 aliphatic carbocycles. The molecule has 1 aliphatic heterocycles. The molecule has 0 spiro atoms. The number of fused-ring (bicyclic) bond motifs is 1. The molecule has 1 N–H and O–H groups in total. The van der Waals surface area contributed by atoms with Gasteiger partial charge in [-0.2, -0.15) is 8.75 Å². The van der Waals surface area contributed by atoms with Crippen molar-refractivity contribution in [1.29, 1.82) is 0 Å². The van der Waals surface area contributed by atoms with Gasteiger partial charge in [-0.25, -0.2) is 0 Å². The van der Waals surface area contributed by atoms with Crippen molar-refractivity contribution in [2.24, 2.45) is 0 Å². The van der Waals surface area contributed by atoms with E-state index in [1.165, 1.54) is 11.7 Å². The van der Waals surface area contributed by atoms with Crippen LogP contribution in [0.1, 0.15) is 6.92 Å². The second-order valence-electron chi connectivity index (χ2n) is 4.40. The quantitative estimate of drug-likeness (QED) is 0.879. The van der Waals surface area contributed by atoms with Crippen LogP contribution in [0.15, 0.2) is 6.07 Å². The third kappa shape index (κ3) is 1.95. The van der Waals surface area contributed by atoms with Crippen molar-refractivity contribution in [3.05, 3.63) is 16.1 Å². The van der Waals surface area contributed by atoms with Gasteiger partial charge in [0.1, 0.15) is 11.0 Å². The molecule has 1 aromatic carbocycles. The lowest BCUT2D eigenvalue weighted by molar-refractivity contribution is 0.502. The van der Waals surface area contributed by atoms with Crippen molar-refractivity contribution < 1.29 is 0 Å². The van der Waals surface area contributed by atoms with Gasteiger partial charge in [-0.15, -0.1) is 0 Å². The number of piperazine rings is 1. The largest absolute Gasteiger partial charge is 0.363 e. The summed E-state index contributed by atoms with van der Waals surface area (Å²) in [5, 5.41) is 4.57. The zero-order valence-electron chi connectivity index (χ0n) is 9.78. The topological polar surface area (TPSA) is 41.0 Å². The predicted octanol–water partition coefficient (Wildman–Crippen LogP) is 2.80. The van der Waals surface area contributed by atoms with E-state index in [9.17, 15) is 0 Å². The Labute approximate surface area is 119 Å². The molecule has 2 heterocycles. The van der Waals surface area contributed by atoms with Crippen molar-refractivity contribution in [2.45, 2.75) is 13.0 Å². The van der Waals surface area contributed by atoms with E-state index in [0.717, 1.165) is 36.4 Å². The smallest absolute Gasteiger partial charge is 0.131 e. The summed E-state index contributed by atoms with van der Waals surface area (Å²) >= 11 is 13.7. The van der Waals surface area contributed by atoms with Gasteiger partial charge in [0, 0.05) is 25.7 Å². The SMILES string of the molecule is CC1CNCCN1c1c(Cl)cc(Cl)c2nsnc12. The molecule has 1 aromatic heterocycles. The average Bonchev–Trinajstić information content (AvgIpc) is 2.81. The van der Waals surface area contributed by atoms with Crippen molar-refractivity contribution >= 4 is 51.7 Å². The number of anilines is 1. The average molecular weight is 303 g/mol. The number of nitrogens with zero attached hydrogens (tertiary/aromatic N) is 3. The maximum absolute atomic E-state index is 6.35. The molecule has 1 atom stereocenters. The highest BCUT2D eigenvalue weighted by Crippen LogP contribution is 2.38. The van der Waals surface area contributed by atoms with Crippen LogP contribution in [0.2, 0.25) is 10.0 Å². The molecule has 2 aromatic rings. The van der Waals surface area contributed by atoms with E-state index >= 15 is 0 Å². The molecule has 1 saturated heterocycles. The van der Waals surface area contributed by atoms with Gasteiger partial charge in [0.25, 0.3) is 0 Å². The Hall–Kier alpha value is -0.620. The lowest BCUT2D eigenvalue weighted by Crippen LogP contribution is -2.50. The van der Waals surface area contributed by atoms with E-state index in [2.05, 4.69) is 25.9 Å². The fourth-order valence-electron chi connectivity index (χ4n) is 2.31. The first-order valence-corrected chi connectivity index (χ1v) is 7.24. The summed E-state index contributed by atoms with van der Waals surface area (Å²) in [7, 11) is 0. The van der Waals surface area contributed by atoms with Gasteiger partial charge in [0.15, 0.2) is 0 Å². The van der Waals surface area contributed by atoms with Crippen molar-refractivity contribution in [2.75, 3.05) is 24.5 Å². The second-order valence-corrected chi connectivity index (χ2v) is 5.74. The fraction of sp³-hybridized carbons (Fsp3) is 0.455. The van der Waals surface area contributed by atoms with E-state index in [1.807, 2.05) is 0 Å². The van der Waals surface area contributed by atoms with Crippen LogP contribution < -0.4 is 10.2 Å². The molecule has 4 nitrogen and oxygen atoms in total. The molecule has 18 heavy (non-hydrogen) atoms. The summed E-state index contributed by atoms with van der Waals surface area (Å²) in [4.78, 5) is 2.28. The van der Waals surface area contributed by atoms with E-state index in [1.54, 1.807) is 6.07 Å². The maximum atomic E-state index is 6.35. The maximum Gasteiger partial charge on any atom is 0.131 e. The number of nitrogens with one attached hydrogen (secondary N) is 1. The Morgan fingerprint density at radius 1 is 1.33 bits per heavy atom. The third-order valence-corrected chi connectivity index (χ3v) is 4.31. The van der Waals surface area contributed by atoms with Crippen LogP contribution in [0.3, 0.4) is 0 Å². The van der Waals surface area contributed by atoms with Crippen LogP contribution in [-0.2, 0) is 0 Å². The predicted molar refractivity (Wildman–Crippen MR) is 77.1 cm³/mol. The van der Waals surface area contributed by atoms with Crippen molar-refractivity contribution in [3.8, 4) is 0 Å². The lowest BCUT2D eigenvalue weighted by Gasteiger charge is -2.36. The molecule has 0 radical (unpaired) electrons. The number of hydrogen-bond donors (Lipinski definition) is 1. The van der Waals surface area contributed by atoms with Crippen LogP contribution in [0.5, 0.6) is 0 Å². The summed E-state index contributed by atoms with van der Waals surface area (Å²) in [6, 6.07) is 2.14. The molecular formula is C11H12Cl2N4S. The first-order valence-electron chi connectivity index (χ1n) is 5.76. The lowest BCUT2D eigenvalue weighted by atomic mass is 10.1. The summed E-state index contributed by atoms with van der Waals surface area (Å²) < 4.78 is 8.59. The van der Waals surface area contributed by atoms with Crippen LogP contribution >= 0.6 is 34.9 Å². The van der Waals surface area contributed by atoms with Crippen LogP contribution in [0, 0.1) is 0 Å². The molecule has 1 aliphatic rings. The van der Waals surface area contributed by atoms with E-state index < -0.39 is 0 Å². The van der Waals surface area contributed by atoms with Gasteiger partial charge in [-0.3, -0.25) is 0 Å². The summed E-state index contributed by atoms with van der Waals surface area (Å²) in [6.07, 6.45) is 0. The molecule has 1 unspecified atom stereocenters. The zero-order chi connectivity index (χ0) is 12.7. The highest BCUT2D eigenvalue weighted by atomic mass is 35.5. The molecule has 1 fully saturated rings. The highest BCUT2D eigenvalue weighted by Gasteiger charge is 2.24. The van der Waals surface area contributed by atoms with Gasteiger partial charge >= 0.3 is 0 Å². The summed E-state index contributed by atoms with van der Waals surface area (Å²) in [5.41, 5.74) is 2.51. The molecule has 0 bridgehead atoms. The van der Waals surface area contributed by atoms with Gasteiger partial charge < -0.3 is 10.2 Å². The normalized spacial score (nSPS) is 20.6. The number of benzene rings is 1. The molecule has 3 rings (SSSR count). The number of rotatable bonds is 1. The monoisotopic (exact) mass is 302 g/mol. The molecule has 0 amide bonds. The number of halogens is 2. The summed E-state index contributed by atoms with van der Waals surface area (Å²) in [5.74, 6) is 0. The standard InChI is InChI=1S/C11H12Cl2N4S/c1-6-5-14-2-3-17(6)11-8(13)4-7(12)9-10(11)16-18-15-9/h4,6,14H,2-3,5H2,1H3. The molecule has 96 valence electrons. The van der Waals surface area contributed by atoms with Crippen LogP contribution in [-0.4, -0.2) is 34.4 Å². The highest BCUT2D eigenvalue weighted by molar-refractivity contribution is 7.00. The number of aromatic nitrogens is 2. The molecule has 0 saturated carbocycles. The zero-order valence-corrected chi connectivity index (χ0v) is 12.1. The number of hydrogen-bond acceptors (Lipinski definition) is 5. The van der Waals surface area contributed by atoms with E-state index in [4.69, 9.17) is 23.2 Å². The first-order chi connectivity index (χ1) is 8.68. The Bertz CT molecular complexity index is 586. The minimum absolute atomic E-state index is 0.377. The third-order valence-electron chi connectivity index (χ3n) is 3.21. The van der Waals surface area contributed by atoms with Crippen molar-refractivity contribution in [1.82, 2.24) is 14.1 Å². The molecular weight excluding hydrogens is 291 g/mol. The van der Waals surface area contributed by atoms with Gasteiger partial charge in [0.05, 0.1) is 27.5 Å². The van der Waals surface area contributed by atoms with Gasteiger partial charge in [0.2, 0.25) is 0 Å². The fourth-order valence-corrected chi connectivity index (χ4v) is 3.52. The van der Waals surface area contributed by atoms with E-state index in [0.29, 0.717) is 16.1 Å². The van der Waals surface area contributed by atoms with Crippen molar-refractivity contribution in [3.63, 3.8) is 0 Å². The Morgan fingerprint density at radius 2 is 2.11 bits per heavy atom. The van der Waals surface area contributed by atoms with Gasteiger partial charge in [-0.1, -0.05) is 23.2 Å². The minimum Gasteiger partial charge on any atom is -0.363 e.